The summed E-state index contributed by atoms with van der Waals surface area (Å²) in [6.45, 7) is 2.34. The van der Waals surface area contributed by atoms with E-state index in [0.29, 0.717) is 13.0 Å². The molecule has 0 aromatic carbocycles. The molecule has 1 spiro atoms. The number of hydrogen-bond acceptors (Lipinski definition) is 3. The lowest BCUT2D eigenvalue weighted by Crippen LogP contribution is -2.27. The van der Waals surface area contributed by atoms with E-state index in [9.17, 15) is 9.90 Å². The first kappa shape index (κ1) is 8.05. The number of esters is 1. The van der Waals surface area contributed by atoms with Crippen LogP contribution in [-0.2, 0) is 9.53 Å². The molecule has 12 heavy (non-hydrogen) atoms. The lowest BCUT2D eigenvalue weighted by atomic mass is 9.83. The standard InChI is InChI=1S/C9H14O3/c1-8(11)2-3-9(6-8)4-5-12-7(9)10/h11H,2-6H2,1H3. The largest absolute Gasteiger partial charge is 0.465 e. The number of aliphatic hydroxyl groups is 1. The van der Waals surface area contributed by atoms with Gasteiger partial charge in [-0.3, -0.25) is 4.79 Å². The van der Waals surface area contributed by atoms with E-state index in [-0.39, 0.29) is 11.4 Å². The lowest BCUT2D eigenvalue weighted by Gasteiger charge is -2.20. The summed E-state index contributed by atoms with van der Waals surface area (Å²) in [6, 6.07) is 0. The third-order valence-corrected chi connectivity index (χ3v) is 3.11. The average molecular weight is 170 g/mol. The zero-order valence-corrected chi connectivity index (χ0v) is 7.30. The summed E-state index contributed by atoms with van der Waals surface area (Å²) in [5.41, 5.74) is -0.979. The summed E-state index contributed by atoms with van der Waals surface area (Å²) in [4.78, 5) is 11.4. The van der Waals surface area contributed by atoms with Crippen LogP contribution in [-0.4, -0.2) is 23.3 Å². The van der Waals surface area contributed by atoms with E-state index in [1.54, 1.807) is 6.92 Å². The van der Waals surface area contributed by atoms with Gasteiger partial charge in [0.25, 0.3) is 0 Å². The number of carbonyl (C=O) groups is 1. The van der Waals surface area contributed by atoms with Gasteiger partial charge < -0.3 is 9.84 Å². The van der Waals surface area contributed by atoms with Crippen molar-refractivity contribution in [3.63, 3.8) is 0 Å². The molecule has 0 amide bonds. The van der Waals surface area contributed by atoms with Crippen molar-refractivity contribution in [2.45, 2.75) is 38.2 Å². The maximum absolute atomic E-state index is 11.4. The fourth-order valence-corrected chi connectivity index (χ4v) is 2.40. The van der Waals surface area contributed by atoms with E-state index in [1.807, 2.05) is 0 Å². The third kappa shape index (κ3) is 1.04. The fraction of sp³-hybridized carbons (Fsp3) is 0.889. The molecule has 0 bridgehead atoms. The highest BCUT2D eigenvalue weighted by molar-refractivity contribution is 5.79. The highest BCUT2D eigenvalue weighted by atomic mass is 16.5. The molecule has 2 rings (SSSR count). The van der Waals surface area contributed by atoms with E-state index in [0.717, 1.165) is 19.3 Å². The van der Waals surface area contributed by atoms with Crippen LogP contribution in [0.15, 0.2) is 0 Å². The second kappa shape index (κ2) is 2.22. The third-order valence-electron chi connectivity index (χ3n) is 3.11. The summed E-state index contributed by atoms with van der Waals surface area (Å²) in [7, 11) is 0. The monoisotopic (exact) mass is 170 g/mol. The Morgan fingerprint density at radius 3 is 2.58 bits per heavy atom. The highest BCUT2D eigenvalue weighted by Crippen LogP contribution is 2.49. The smallest absolute Gasteiger partial charge is 0.312 e. The van der Waals surface area contributed by atoms with Crippen LogP contribution in [0, 0.1) is 5.41 Å². The van der Waals surface area contributed by atoms with Gasteiger partial charge in [-0.1, -0.05) is 0 Å². The summed E-state index contributed by atoms with van der Waals surface area (Å²) < 4.78 is 4.93. The van der Waals surface area contributed by atoms with Gasteiger partial charge in [0.2, 0.25) is 0 Å². The van der Waals surface area contributed by atoms with E-state index in [4.69, 9.17) is 4.74 Å². The molecule has 0 radical (unpaired) electrons. The minimum atomic E-state index is -0.649. The molecule has 3 heteroatoms. The molecule has 1 saturated carbocycles. The first-order valence-corrected chi connectivity index (χ1v) is 4.44. The zero-order chi connectivity index (χ0) is 8.82. The van der Waals surface area contributed by atoms with Gasteiger partial charge in [0, 0.05) is 0 Å². The van der Waals surface area contributed by atoms with Crippen molar-refractivity contribution in [2.75, 3.05) is 6.61 Å². The second-order valence-corrected chi connectivity index (χ2v) is 4.34. The summed E-state index contributed by atoms with van der Waals surface area (Å²) in [5, 5.41) is 9.73. The van der Waals surface area contributed by atoms with E-state index >= 15 is 0 Å². The fourth-order valence-electron chi connectivity index (χ4n) is 2.40. The van der Waals surface area contributed by atoms with Crippen LogP contribution in [0.2, 0.25) is 0 Å². The Morgan fingerprint density at radius 1 is 1.42 bits per heavy atom. The van der Waals surface area contributed by atoms with Gasteiger partial charge >= 0.3 is 5.97 Å². The molecule has 2 unspecified atom stereocenters. The van der Waals surface area contributed by atoms with Crippen LogP contribution in [0.3, 0.4) is 0 Å². The number of cyclic esters (lactones) is 1. The Bertz CT molecular complexity index is 222. The van der Waals surface area contributed by atoms with Gasteiger partial charge in [-0.2, -0.15) is 0 Å². The molecule has 2 fully saturated rings. The van der Waals surface area contributed by atoms with Crippen LogP contribution in [0.5, 0.6) is 0 Å². The van der Waals surface area contributed by atoms with Crippen LogP contribution >= 0.6 is 0 Å². The molecule has 0 aromatic rings. The van der Waals surface area contributed by atoms with E-state index in [1.165, 1.54) is 0 Å². The first-order valence-electron chi connectivity index (χ1n) is 4.44. The van der Waals surface area contributed by atoms with Crippen molar-refractivity contribution >= 4 is 5.97 Å². The quantitative estimate of drug-likeness (QED) is 0.548. The molecule has 0 aromatic heterocycles. The van der Waals surface area contributed by atoms with Crippen molar-refractivity contribution in [2.24, 2.45) is 5.41 Å². The van der Waals surface area contributed by atoms with Gasteiger partial charge in [0.15, 0.2) is 0 Å². The highest BCUT2D eigenvalue weighted by Gasteiger charge is 2.53. The molecule has 1 aliphatic carbocycles. The Hall–Kier alpha value is -0.570. The molecule has 1 saturated heterocycles. The number of ether oxygens (including phenoxy) is 1. The Labute approximate surface area is 71.7 Å². The minimum absolute atomic E-state index is 0.0970. The van der Waals surface area contributed by atoms with Gasteiger partial charge in [0.05, 0.1) is 17.6 Å². The molecular weight excluding hydrogens is 156 g/mol. The van der Waals surface area contributed by atoms with E-state index in [2.05, 4.69) is 0 Å². The maximum atomic E-state index is 11.4. The van der Waals surface area contributed by atoms with Gasteiger partial charge in [-0.05, 0) is 32.6 Å². The van der Waals surface area contributed by atoms with Crippen molar-refractivity contribution in [1.82, 2.24) is 0 Å². The molecule has 1 N–H and O–H groups in total. The normalized spacial score (nSPS) is 47.0. The lowest BCUT2D eigenvalue weighted by molar-refractivity contribution is -0.146. The molecule has 68 valence electrons. The Morgan fingerprint density at radius 2 is 2.17 bits per heavy atom. The zero-order valence-electron chi connectivity index (χ0n) is 7.30. The SMILES string of the molecule is CC1(O)CCC2(CCOC2=O)C1. The predicted molar refractivity (Wildman–Crippen MR) is 42.5 cm³/mol. The second-order valence-electron chi connectivity index (χ2n) is 4.34. The summed E-state index contributed by atoms with van der Waals surface area (Å²) >= 11 is 0. The molecule has 1 heterocycles. The Kier molecular flexibility index (Phi) is 1.49. The number of rotatable bonds is 0. The van der Waals surface area contributed by atoms with Crippen LogP contribution < -0.4 is 0 Å². The van der Waals surface area contributed by atoms with Crippen molar-refractivity contribution < 1.29 is 14.6 Å². The molecule has 1 aliphatic heterocycles. The topological polar surface area (TPSA) is 46.5 Å². The number of carbonyl (C=O) groups excluding carboxylic acids is 1. The minimum Gasteiger partial charge on any atom is -0.465 e. The van der Waals surface area contributed by atoms with Crippen molar-refractivity contribution in [3.8, 4) is 0 Å². The van der Waals surface area contributed by atoms with Gasteiger partial charge in [0.1, 0.15) is 0 Å². The van der Waals surface area contributed by atoms with Crippen LogP contribution in [0.25, 0.3) is 0 Å². The van der Waals surface area contributed by atoms with Crippen LogP contribution in [0.4, 0.5) is 0 Å². The molecule has 2 aliphatic rings. The van der Waals surface area contributed by atoms with Crippen molar-refractivity contribution in [1.29, 1.82) is 0 Å². The molecule has 2 atom stereocenters. The first-order chi connectivity index (χ1) is 5.54. The number of hydrogen-bond donors (Lipinski definition) is 1. The van der Waals surface area contributed by atoms with E-state index < -0.39 is 5.60 Å². The maximum Gasteiger partial charge on any atom is 0.312 e. The van der Waals surface area contributed by atoms with Crippen LogP contribution in [0.1, 0.15) is 32.6 Å². The predicted octanol–water partition coefficient (Wildman–Crippen LogP) is 0.855. The van der Waals surface area contributed by atoms with Crippen molar-refractivity contribution in [3.05, 3.63) is 0 Å². The molecule has 3 nitrogen and oxygen atoms in total. The summed E-state index contributed by atoms with van der Waals surface area (Å²) in [5.74, 6) is -0.0970. The Balaban J connectivity index is 2.19. The summed E-state index contributed by atoms with van der Waals surface area (Å²) in [6.07, 6.45) is 2.89. The molecular formula is C9H14O3. The van der Waals surface area contributed by atoms with Gasteiger partial charge in [-0.15, -0.1) is 0 Å². The average Bonchev–Trinajstić information content (AvgIpc) is 2.43. The van der Waals surface area contributed by atoms with Gasteiger partial charge in [-0.25, -0.2) is 0 Å².